The maximum Gasteiger partial charge on any atom is 0.494 e. The van der Waals surface area contributed by atoms with Gasteiger partial charge in [-0.15, -0.1) is 0 Å². The Morgan fingerprint density at radius 3 is 2.42 bits per heavy atom. The quantitative estimate of drug-likeness (QED) is 0.646. The van der Waals surface area contributed by atoms with Crippen molar-refractivity contribution in [2.75, 3.05) is 13.2 Å². The second-order valence-corrected chi connectivity index (χ2v) is 3.08. The van der Waals surface area contributed by atoms with Gasteiger partial charge >= 0.3 is 7.12 Å². The molecule has 0 N–H and O–H groups in total. The minimum absolute atomic E-state index is 0.175. The highest BCUT2D eigenvalue weighted by molar-refractivity contribution is 7.09. The summed E-state index contributed by atoms with van der Waals surface area (Å²) in [6.07, 6.45) is 0. The number of thiophene rings is 1. The monoisotopic (exact) mass is 184 g/mol. The van der Waals surface area contributed by atoms with Gasteiger partial charge in [0.1, 0.15) is 0 Å². The lowest BCUT2D eigenvalue weighted by molar-refractivity contribution is 0.225. The second-order valence-electron chi connectivity index (χ2n) is 2.30. The Hall–Kier alpha value is -0.315. The molecule has 4 heteroatoms. The molecule has 1 aromatic rings. The molecule has 0 aliphatic rings. The van der Waals surface area contributed by atoms with Crippen LogP contribution in [-0.2, 0) is 9.31 Å². The van der Waals surface area contributed by atoms with Crippen molar-refractivity contribution in [3.05, 3.63) is 16.8 Å². The lowest BCUT2D eigenvalue weighted by atomic mass is 9.81. The van der Waals surface area contributed by atoms with E-state index in [0.29, 0.717) is 13.2 Å². The number of hydrogen-bond donors (Lipinski definition) is 0. The average Bonchev–Trinajstić information content (AvgIpc) is 2.56. The molecule has 0 atom stereocenters. The van der Waals surface area contributed by atoms with E-state index in [4.69, 9.17) is 9.31 Å². The lowest BCUT2D eigenvalue weighted by Gasteiger charge is -2.09. The van der Waals surface area contributed by atoms with Crippen LogP contribution in [0.3, 0.4) is 0 Å². The molecule has 0 aliphatic heterocycles. The van der Waals surface area contributed by atoms with Crippen LogP contribution in [0, 0.1) is 0 Å². The van der Waals surface area contributed by atoms with Crippen LogP contribution >= 0.6 is 11.3 Å². The standard InChI is InChI=1S/C8H13BO2S/c1-3-10-9(11-4-2)8-5-6-12-7-8/h5-7H,3-4H2,1-2H3. The summed E-state index contributed by atoms with van der Waals surface area (Å²) in [6, 6.07) is 2.03. The van der Waals surface area contributed by atoms with Gasteiger partial charge in [0.2, 0.25) is 0 Å². The summed E-state index contributed by atoms with van der Waals surface area (Å²) in [5.41, 5.74) is 1.11. The molecule has 1 heterocycles. The smallest absolute Gasteiger partial charge is 0.408 e. The largest absolute Gasteiger partial charge is 0.494 e. The Morgan fingerprint density at radius 1 is 1.33 bits per heavy atom. The van der Waals surface area contributed by atoms with Gasteiger partial charge in [-0.1, -0.05) is 6.07 Å². The number of rotatable bonds is 5. The van der Waals surface area contributed by atoms with E-state index in [1.807, 2.05) is 25.3 Å². The third-order valence-electron chi connectivity index (χ3n) is 1.45. The van der Waals surface area contributed by atoms with Crippen LogP contribution in [0.15, 0.2) is 16.8 Å². The van der Waals surface area contributed by atoms with Crippen LogP contribution in [-0.4, -0.2) is 20.3 Å². The van der Waals surface area contributed by atoms with Crippen molar-refractivity contribution in [1.29, 1.82) is 0 Å². The zero-order valence-electron chi connectivity index (χ0n) is 7.45. The Morgan fingerprint density at radius 2 is 2.00 bits per heavy atom. The van der Waals surface area contributed by atoms with E-state index in [9.17, 15) is 0 Å². The van der Waals surface area contributed by atoms with Gasteiger partial charge in [-0.2, -0.15) is 11.3 Å². The van der Waals surface area contributed by atoms with Gasteiger partial charge in [0.05, 0.1) is 0 Å². The summed E-state index contributed by atoms with van der Waals surface area (Å²) in [7, 11) is -0.175. The molecule has 0 saturated heterocycles. The molecule has 0 saturated carbocycles. The molecule has 0 bridgehead atoms. The van der Waals surface area contributed by atoms with Crippen molar-refractivity contribution < 1.29 is 9.31 Å². The highest BCUT2D eigenvalue weighted by atomic mass is 32.1. The molecule has 0 aliphatic carbocycles. The summed E-state index contributed by atoms with van der Waals surface area (Å²) in [6.45, 7) is 5.30. The van der Waals surface area contributed by atoms with Gasteiger partial charge in [0.15, 0.2) is 0 Å². The first-order chi connectivity index (χ1) is 5.88. The van der Waals surface area contributed by atoms with Gasteiger partial charge in [-0.05, 0) is 30.1 Å². The molecule has 2 nitrogen and oxygen atoms in total. The fraction of sp³-hybridized carbons (Fsp3) is 0.500. The summed E-state index contributed by atoms with van der Waals surface area (Å²) in [5, 5.41) is 4.08. The van der Waals surface area contributed by atoms with Gasteiger partial charge in [-0.3, -0.25) is 0 Å². The van der Waals surface area contributed by atoms with Crippen LogP contribution in [0.5, 0.6) is 0 Å². The molecule has 0 spiro atoms. The molecule has 0 radical (unpaired) electrons. The van der Waals surface area contributed by atoms with Gasteiger partial charge in [0.25, 0.3) is 0 Å². The Balaban J connectivity index is 2.53. The third-order valence-corrected chi connectivity index (χ3v) is 2.15. The van der Waals surface area contributed by atoms with E-state index >= 15 is 0 Å². The Kier molecular flexibility index (Phi) is 4.36. The topological polar surface area (TPSA) is 18.5 Å². The predicted molar refractivity (Wildman–Crippen MR) is 53.0 cm³/mol. The van der Waals surface area contributed by atoms with Crippen molar-refractivity contribution in [2.45, 2.75) is 13.8 Å². The maximum absolute atomic E-state index is 5.41. The zero-order valence-corrected chi connectivity index (χ0v) is 8.26. The Bertz CT molecular complexity index is 195. The van der Waals surface area contributed by atoms with E-state index in [1.54, 1.807) is 11.3 Å². The molecule has 0 unspecified atom stereocenters. The molecule has 12 heavy (non-hydrogen) atoms. The minimum Gasteiger partial charge on any atom is -0.408 e. The molecular formula is C8H13BO2S. The Labute approximate surface area is 77.7 Å². The lowest BCUT2D eigenvalue weighted by Crippen LogP contribution is -2.35. The number of hydrogen-bond acceptors (Lipinski definition) is 3. The van der Waals surface area contributed by atoms with Crippen molar-refractivity contribution in [3.8, 4) is 0 Å². The van der Waals surface area contributed by atoms with Crippen LogP contribution < -0.4 is 5.46 Å². The minimum atomic E-state index is -0.175. The molecule has 0 aromatic carbocycles. The normalized spacial score (nSPS) is 10.2. The molecule has 0 fully saturated rings. The third kappa shape index (κ3) is 2.62. The average molecular weight is 184 g/mol. The first kappa shape index (κ1) is 9.77. The van der Waals surface area contributed by atoms with Crippen LogP contribution in [0.2, 0.25) is 0 Å². The first-order valence-corrected chi connectivity index (χ1v) is 5.08. The molecule has 66 valence electrons. The fourth-order valence-electron chi connectivity index (χ4n) is 0.952. The molecular weight excluding hydrogens is 171 g/mol. The van der Waals surface area contributed by atoms with Crippen molar-refractivity contribution in [3.63, 3.8) is 0 Å². The maximum atomic E-state index is 5.41. The highest BCUT2D eigenvalue weighted by Gasteiger charge is 2.19. The molecule has 1 rings (SSSR count). The van der Waals surface area contributed by atoms with Crippen molar-refractivity contribution in [2.24, 2.45) is 0 Å². The van der Waals surface area contributed by atoms with Crippen molar-refractivity contribution >= 4 is 23.9 Å². The SMILES string of the molecule is CCOB(OCC)c1ccsc1. The van der Waals surface area contributed by atoms with Crippen LogP contribution in [0.1, 0.15) is 13.8 Å². The zero-order chi connectivity index (χ0) is 8.81. The van der Waals surface area contributed by atoms with E-state index in [0.717, 1.165) is 5.46 Å². The fourth-order valence-corrected chi connectivity index (χ4v) is 1.61. The van der Waals surface area contributed by atoms with E-state index < -0.39 is 0 Å². The first-order valence-electron chi connectivity index (χ1n) is 4.13. The second kappa shape index (κ2) is 5.35. The summed E-state index contributed by atoms with van der Waals surface area (Å²) >= 11 is 1.66. The van der Waals surface area contributed by atoms with E-state index in [2.05, 4.69) is 5.38 Å². The molecule has 1 aromatic heterocycles. The van der Waals surface area contributed by atoms with Crippen LogP contribution in [0.4, 0.5) is 0 Å². The van der Waals surface area contributed by atoms with Gasteiger partial charge in [-0.25, -0.2) is 0 Å². The summed E-state index contributed by atoms with van der Waals surface area (Å²) in [5.74, 6) is 0. The molecule has 0 amide bonds. The van der Waals surface area contributed by atoms with Crippen LogP contribution in [0.25, 0.3) is 0 Å². The summed E-state index contributed by atoms with van der Waals surface area (Å²) < 4.78 is 10.8. The predicted octanol–water partition coefficient (Wildman–Crippen LogP) is 1.52. The van der Waals surface area contributed by atoms with Crippen molar-refractivity contribution in [1.82, 2.24) is 0 Å². The van der Waals surface area contributed by atoms with E-state index in [-0.39, 0.29) is 7.12 Å². The highest BCUT2D eigenvalue weighted by Crippen LogP contribution is 1.98. The van der Waals surface area contributed by atoms with Gasteiger partial charge < -0.3 is 9.31 Å². The van der Waals surface area contributed by atoms with Gasteiger partial charge in [0, 0.05) is 13.2 Å². The summed E-state index contributed by atoms with van der Waals surface area (Å²) in [4.78, 5) is 0. The van der Waals surface area contributed by atoms with E-state index in [1.165, 1.54) is 0 Å².